The predicted octanol–water partition coefficient (Wildman–Crippen LogP) is 2.61. The zero-order valence-corrected chi connectivity index (χ0v) is 8.83. The molecule has 0 atom stereocenters. The number of nitrogens with one attached hydrogen (secondary N) is 1. The van der Waals surface area contributed by atoms with Crippen LogP contribution in [0.5, 0.6) is 0 Å². The molecule has 1 rings (SSSR count). The number of nitrogens with two attached hydrogens (primary N) is 1. The van der Waals surface area contributed by atoms with Crippen LogP contribution < -0.4 is 5.73 Å². The number of thioether (sulfide) groups is 1. The second kappa shape index (κ2) is 5.00. The highest BCUT2D eigenvalue weighted by Gasteiger charge is 2.06. The number of benzene rings is 1. The molecule has 0 aromatic heterocycles. The molecule has 0 saturated heterocycles. The molecule has 0 aliphatic rings. The van der Waals surface area contributed by atoms with Gasteiger partial charge in [0.05, 0.1) is 0 Å². The van der Waals surface area contributed by atoms with E-state index >= 15 is 0 Å². The molecule has 76 valence electrons. The zero-order chi connectivity index (χ0) is 10.6. The fraction of sp³-hybridized carbons (Fsp3) is 0.300. The summed E-state index contributed by atoms with van der Waals surface area (Å²) in [5.41, 5.74) is 5.85. The highest BCUT2D eigenvalue weighted by Crippen LogP contribution is 2.23. The maximum atomic E-state index is 12.9. The summed E-state index contributed by atoms with van der Waals surface area (Å²) in [5.74, 6) is 0.519. The first-order valence-electron chi connectivity index (χ1n) is 4.42. The minimum Gasteiger partial charge on any atom is -0.384 e. The van der Waals surface area contributed by atoms with Crippen LogP contribution in [0.2, 0.25) is 0 Å². The Bertz CT molecular complexity index is 339. The molecule has 4 heteroatoms. The lowest BCUT2D eigenvalue weighted by Crippen LogP contribution is -2.12. The van der Waals surface area contributed by atoms with Gasteiger partial charge in [-0.25, -0.2) is 4.39 Å². The molecule has 0 radical (unpaired) electrons. The molecule has 0 amide bonds. The van der Waals surface area contributed by atoms with Crippen LogP contribution in [0.15, 0.2) is 23.1 Å². The van der Waals surface area contributed by atoms with Crippen molar-refractivity contribution < 1.29 is 4.39 Å². The predicted molar refractivity (Wildman–Crippen MR) is 58.4 cm³/mol. The number of amidine groups is 1. The summed E-state index contributed by atoms with van der Waals surface area (Å²) in [6, 6.07) is 4.37. The van der Waals surface area contributed by atoms with E-state index in [1.165, 1.54) is 12.1 Å². The van der Waals surface area contributed by atoms with E-state index in [1.807, 2.05) is 0 Å². The van der Waals surface area contributed by atoms with Crippen LogP contribution in [-0.2, 0) is 0 Å². The van der Waals surface area contributed by atoms with Crippen molar-refractivity contribution in [2.75, 3.05) is 5.75 Å². The van der Waals surface area contributed by atoms with Gasteiger partial charge in [-0.1, -0.05) is 6.92 Å². The van der Waals surface area contributed by atoms with Gasteiger partial charge in [-0.3, -0.25) is 5.41 Å². The van der Waals surface area contributed by atoms with Gasteiger partial charge in [0.1, 0.15) is 11.7 Å². The zero-order valence-electron chi connectivity index (χ0n) is 8.01. The summed E-state index contributed by atoms with van der Waals surface area (Å²) in [7, 11) is 0. The van der Waals surface area contributed by atoms with Gasteiger partial charge in [0.2, 0.25) is 0 Å². The van der Waals surface area contributed by atoms with Gasteiger partial charge in [0, 0.05) is 10.5 Å². The molecular weight excluding hydrogens is 199 g/mol. The molecule has 0 fully saturated rings. The van der Waals surface area contributed by atoms with Gasteiger partial charge in [-0.2, -0.15) is 0 Å². The van der Waals surface area contributed by atoms with E-state index in [4.69, 9.17) is 11.1 Å². The first-order valence-corrected chi connectivity index (χ1v) is 5.40. The van der Waals surface area contributed by atoms with Crippen LogP contribution in [0.3, 0.4) is 0 Å². The van der Waals surface area contributed by atoms with E-state index in [0.29, 0.717) is 5.56 Å². The summed E-state index contributed by atoms with van der Waals surface area (Å²) in [6.45, 7) is 2.07. The molecule has 1 aromatic rings. The number of nitrogen functional groups attached to an aromatic ring is 1. The molecule has 0 spiro atoms. The molecule has 2 nitrogen and oxygen atoms in total. The monoisotopic (exact) mass is 212 g/mol. The molecular formula is C10H13FN2S. The van der Waals surface area contributed by atoms with Gasteiger partial charge in [-0.05, 0) is 30.4 Å². The van der Waals surface area contributed by atoms with Crippen LogP contribution in [0.4, 0.5) is 4.39 Å². The van der Waals surface area contributed by atoms with E-state index in [2.05, 4.69) is 6.92 Å². The fourth-order valence-corrected chi connectivity index (χ4v) is 1.96. The Morgan fingerprint density at radius 3 is 2.86 bits per heavy atom. The van der Waals surface area contributed by atoms with E-state index < -0.39 is 0 Å². The Kier molecular flexibility index (Phi) is 3.95. The molecule has 0 unspecified atom stereocenters. The SMILES string of the molecule is CCCSc1ccc(F)cc1C(=N)N. The lowest BCUT2D eigenvalue weighted by atomic mass is 10.2. The Morgan fingerprint density at radius 2 is 2.29 bits per heavy atom. The molecule has 0 heterocycles. The Balaban J connectivity index is 2.96. The van der Waals surface area contributed by atoms with Crippen molar-refractivity contribution in [3.63, 3.8) is 0 Å². The summed E-state index contributed by atoms with van der Waals surface area (Å²) in [6.07, 6.45) is 1.04. The van der Waals surface area contributed by atoms with Crippen molar-refractivity contribution in [1.29, 1.82) is 5.41 Å². The average molecular weight is 212 g/mol. The topological polar surface area (TPSA) is 49.9 Å². The molecule has 0 saturated carbocycles. The van der Waals surface area contributed by atoms with Gasteiger partial charge in [0.15, 0.2) is 0 Å². The summed E-state index contributed by atoms with van der Waals surface area (Å²) in [5, 5.41) is 7.31. The highest BCUT2D eigenvalue weighted by molar-refractivity contribution is 7.99. The highest BCUT2D eigenvalue weighted by atomic mass is 32.2. The smallest absolute Gasteiger partial charge is 0.124 e. The molecule has 0 aliphatic heterocycles. The minimum absolute atomic E-state index is 0.0805. The molecule has 14 heavy (non-hydrogen) atoms. The fourth-order valence-electron chi connectivity index (χ4n) is 1.05. The van der Waals surface area contributed by atoms with Crippen LogP contribution in [-0.4, -0.2) is 11.6 Å². The summed E-state index contributed by atoms with van der Waals surface area (Å²) in [4.78, 5) is 0.876. The molecule has 0 aliphatic carbocycles. The van der Waals surface area contributed by atoms with E-state index in [9.17, 15) is 4.39 Å². The molecule has 1 aromatic carbocycles. The van der Waals surface area contributed by atoms with Crippen LogP contribution >= 0.6 is 11.8 Å². The Morgan fingerprint density at radius 1 is 1.57 bits per heavy atom. The van der Waals surface area contributed by atoms with Gasteiger partial charge in [0.25, 0.3) is 0 Å². The maximum absolute atomic E-state index is 12.9. The minimum atomic E-state index is -0.351. The van der Waals surface area contributed by atoms with Crippen molar-refractivity contribution in [3.05, 3.63) is 29.6 Å². The Labute approximate surface area is 87.2 Å². The quantitative estimate of drug-likeness (QED) is 0.458. The van der Waals surface area contributed by atoms with Crippen LogP contribution in [0.1, 0.15) is 18.9 Å². The number of rotatable bonds is 4. The van der Waals surface area contributed by atoms with Gasteiger partial charge in [-0.15, -0.1) is 11.8 Å². The lowest BCUT2D eigenvalue weighted by Gasteiger charge is -2.06. The first-order chi connectivity index (χ1) is 6.65. The third kappa shape index (κ3) is 2.73. The van der Waals surface area contributed by atoms with Crippen LogP contribution in [0, 0.1) is 11.2 Å². The summed E-state index contributed by atoms with van der Waals surface area (Å²) < 4.78 is 12.9. The number of hydrogen-bond donors (Lipinski definition) is 2. The van der Waals surface area contributed by atoms with Crippen LogP contribution in [0.25, 0.3) is 0 Å². The molecule has 0 bridgehead atoms. The van der Waals surface area contributed by atoms with Gasteiger partial charge >= 0.3 is 0 Å². The largest absolute Gasteiger partial charge is 0.384 e. The Hall–Kier alpha value is -1.03. The van der Waals surface area contributed by atoms with Crippen molar-refractivity contribution >= 4 is 17.6 Å². The average Bonchev–Trinajstić information content (AvgIpc) is 2.15. The summed E-state index contributed by atoms with van der Waals surface area (Å²) >= 11 is 1.60. The van der Waals surface area contributed by atoms with Crippen molar-refractivity contribution in [2.45, 2.75) is 18.2 Å². The van der Waals surface area contributed by atoms with E-state index in [-0.39, 0.29) is 11.7 Å². The molecule has 3 N–H and O–H groups in total. The lowest BCUT2D eigenvalue weighted by molar-refractivity contribution is 0.626. The van der Waals surface area contributed by atoms with Crippen molar-refractivity contribution in [2.24, 2.45) is 5.73 Å². The van der Waals surface area contributed by atoms with E-state index in [1.54, 1.807) is 17.8 Å². The van der Waals surface area contributed by atoms with Crippen molar-refractivity contribution in [1.82, 2.24) is 0 Å². The number of hydrogen-bond acceptors (Lipinski definition) is 2. The standard InChI is InChI=1S/C10H13FN2S/c1-2-5-14-9-4-3-7(11)6-8(9)10(12)13/h3-4,6H,2,5H2,1H3,(H3,12,13). The van der Waals surface area contributed by atoms with Gasteiger partial charge < -0.3 is 5.73 Å². The second-order valence-electron chi connectivity index (χ2n) is 2.90. The first kappa shape index (κ1) is 11.0. The normalized spacial score (nSPS) is 10.1. The third-order valence-electron chi connectivity index (χ3n) is 1.69. The number of halogens is 1. The van der Waals surface area contributed by atoms with Crippen molar-refractivity contribution in [3.8, 4) is 0 Å². The maximum Gasteiger partial charge on any atom is 0.124 e. The third-order valence-corrected chi connectivity index (χ3v) is 2.97. The van der Waals surface area contributed by atoms with E-state index in [0.717, 1.165) is 17.1 Å². The second-order valence-corrected chi connectivity index (χ2v) is 4.04.